The van der Waals surface area contributed by atoms with Crippen LogP contribution in [0.5, 0.6) is 0 Å². The zero-order valence-corrected chi connectivity index (χ0v) is 15.5. The fourth-order valence-corrected chi connectivity index (χ4v) is 3.58. The zero-order chi connectivity index (χ0) is 18.5. The molecule has 3 rings (SSSR count). The number of carbonyl (C=O) groups excluding carboxylic acids is 2. The van der Waals surface area contributed by atoms with Gasteiger partial charge in [0.15, 0.2) is 0 Å². The van der Waals surface area contributed by atoms with E-state index < -0.39 is 5.97 Å². The summed E-state index contributed by atoms with van der Waals surface area (Å²) >= 11 is 0. The molecule has 2 N–H and O–H groups in total. The number of carbonyl (C=O) groups is 2. The number of hydrogen-bond donors (Lipinski definition) is 2. The van der Waals surface area contributed by atoms with Crippen LogP contribution in [0.3, 0.4) is 0 Å². The fourth-order valence-electron chi connectivity index (χ4n) is 3.58. The van der Waals surface area contributed by atoms with E-state index in [1.807, 2.05) is 24.3 Å². The van der Waals surface area contributed by atoms with E-state index in [1.165, 1.54) is 12.8 Å². The quantitative estimate of drug-likeness (QED) is 0.777. The van der Waals surface area contributed by atoms with E-state index in [-0.39, 0.29) is 12.5 Å². The molecular formula is C20H27N3O3. The lowest BCUT2D eigenvalue weighted by Crippen LogP contribution is -2.36. The highest BCUT2D eigenvalue weighted by molar-refractivity contribution is 6.10. The average molecular weight is 357 g/mol. The number of likely N-dealkylation sites (tertiary alicyclic amines) is 1. The Labute approximate surface area is 153 Å². The standard InChI is InChI=1S/C20H27N3O3/c1-3-26-20(25)19-18(15-8-4-5-9-16(15)21-19)22-17(24)10-12-23-11-6-7-14(2)13-23/h4-5,8-9,14,21H,3,6-7,10-13H2,1-2H3,(H,22,24). The van der Waals surface area contributed by atoms with Gasteiger partial charge in [-0.15, -0.1) is 0 Å². The molecule has 1 fully saturated rings. The Hall–Kier alpha value is -2.34. The van der Waals surface area contributed by atoms with Gasteiger partial charge in [0.05, 0.1) is 12.3 Å². The summed E-state index contributed by atoms with van der Waals surface area (Å²) in [6, 6.07) is 7.53. The third-order valence-corrected chi connectivity index (χ3v) is 4.85. The van der Waals surface area contributed by atoms with E-state index in [1.54, 1.807) is 6.92 Å². The molecule has 26 heavy (non-hydrogen) atoms. The molecule has 1 aromatic carbocycles. The first-order chi connectivity index (χ1) is 12.6. The Morgan fingerprint density at radius 3 is 2.92 bits per heavy atom. The minimum absolute atomic E-state index is 0.0847. The van der Waals surface area contributed by atoms with Crippen LogP contribution in [0.25, 0.3) is 10.9 Å². The van der Waals surface area contributed by atoms with Gasteiger partial charge in [-0.2, -0.15) is 0 Å². The smallest absolute Gasteiger partial charge is 0.356 e. The average Bonchev–Trinajstić information content (AvgIpc) is 2.99. The molecule has 0 saturated carbocycles. The number of rotatable bonds is 6. The molecule has 2 heterocycles. The highest BCUT2D eigenvalue weighted by Gasteiger charge is 2.21. The van der Waals surface area contributed by atoms with Crippen molar-refractivity contribution < 1.29 is 14.3 Å². The predicted octanol–water partition coefficient (Wildman–Crippen LogP) is 3.41. The van der Waals surface area contributed by atoms with Crippen molar-refractivity contribution in [1.29, 1.82) is 0 Å². The molecule has 1 aliphatic rings. The number of piperidine rings is 1. The van der Waals surface area contributed by atoms with Gasteiger partial charge in [-0.3, -0.25) is 4.79 Å². The number of aromatic nitrogens is 1. The molecule has 1 aliphatic heterocycles. The molecule has 1 saturated heterocycles. The number of amides is 1. The van der Waals surface area contributed by atoms with Crippen LogP contribution in [0.4, 0.5) is 5.69 Å². The van der Waals surface area contributed by atoms with Crippen molar-refractivity contribution >= 4 is 28.5 Å². The van der Waals surface area contributed by atoms with E-state index >= 15 is 0 Å². The van der Waals surface area contributed by atoms with Crippen LogP contribution in [0.15, 0.2) is 24.3 Å². The normalized spacial score (nSPS) is 18.0. The van der Waals surface area contributed by atoms with E-state index in [0.717, 1.165) is 30.5 Å². The molecule has 140 valence electrons. The topological polar surface area (TPSA) is 74.4 Å². The highest BCUT2D eigenvalue weighted by atomic mass is 16.5. The van der Waals surface area contributed by atoms with Gasteiger partial charge in [0.2, 0.25) is 5.91 Å². The number of ether oxygens (including phenoxy) is 1. The summed E-state index contributed by atoms with van der Waals surface area (Å²) in [6.07, 6.45) is 2.87. The molecule has 0 spiro atoms. The molecule has 6 nitrogen and oxygen atoms in total. The van der Waals surface area contributed by atoms with Crippen LogP contribution in [0.2, 0.25) is 0 Å². The lowest BCUT2D eigenvalue weighted by molar-refractivity contribution is -0.116. The zero-order valence-electron chi connectivity index (χ0n) is 15.5. The number of H-pyrrole nitrogens is 1. The SMILES string of the molecule is CCOC(=O)c1[nH]c2ccccc2c1NC(=O)CCN1CCCC(C)C1. The Bertz CT molecular complexity index is 784. The number of aromatic amines is 1. The van der Waals surface area contributed by atoms with Crippen LogP contribution in [0, 0.1) is 5.92 Å². The Morgan fingerprint density at radius 2 is 2.15 bits per heavy atom. The Morgan fingerprint density at radius 1 is 1.35 bits per heavy atom. The first-order valence-electron chi connectivity index (χ1n) is 9.38. The highest BCUT2D eigenvalue weighted by Crippen LogP contribution is 2.28. The van der Waals surface area contributed by atoms with Crippen molar-refractivity contribution in [2.75, 3.05) is 31.6 Å². The summed E-state index contributed by atoms with van der Waals surface area (Å²) in [5, 5.41) is 3.74. The molecule has 1 unspecified atom stereocenters. The molecule has 6 heteroatoms. The number of fused-ring (bicyclic) bond motifs is 1. The second-order valence-electron chi connectivity index (χ2n) is 6.99. The molecule has 2 aromatic rings. The number of para-hydroxylation sites is 1. The van der Waals surface area contributed by atoms with Crippen LogP contribution >= 0.6 is 0 Å². The van der Waals surface area contributed by atoms with Crippen LogP contribution in [-0.4, -0.2) is 48.0 Å². The minimum atomic E-state index is -0.455. The monoisotopic (exact) mass is 357 g/mol. The van der Waals surface area contributed by atoms with Gasteiger partial charge in [0.25, 0.3) is 0 Å². The van der Waals surface area contributed by atoms with Gasteiger partial charge in [-0.25, -0.2) is 4.79 Å². The van der Waals surface area contributed by atoms with Crippen LogP contribution in [-0.2, 0) is 9.53 Å². The van der Waals surface area contributed by atoms with Gasteiger partial charge in [0.1, 0.15) is 5.69 Å². The number of nitrogens with zero attached hydrogens (tertiary/aromatic N) is 1. The molecule has 0 radical (unpaired) electrons. The van der Waals surface area contributed by atoms with Crippen molar-refractivity contribution in [2.45, 2.75) is 33.1 Å². The maximum Gasteiger partial charge on any atom is 0.356 e. The second kappa shape index (κ2) is 8.36. The predicted molar refractivity (Wildman–Crippen MR) is 102 cm³/mol. The number of nitrogens with one attached hydrogen (secondary N) is 2. The molecule has 1 atom stereocenters. The Kier molecular flexibility index (Phi) is 5.93. The number of hydrogen-bond acceptors (Lipinski definition) is 4. The van der Waals surface area contributed by atoms with Gasteiger partial charge >= 0.3 is 5.97 Å². The first kappa shape index (κ1) is 18.5. The van der Waals surface area contributed by atoms with Gasteiger partial charge in [-0.05, 0) is 38.3 Å². The summed E-state index contributed by atoms with van der Waals surface area (Å²) in [6.45, 7) is 7.15. The second-order valence-corrected chi connectivity index (χ2v) is 6.99. The molecule has 0 bridgehead atoms. The molecule has 1 amide bonds. The van der Waals surface area contributed by atoms with Crippen LogP contribution in [0.1, 0.15) is 43.6 Å². The minimum Gasteiger partial charge on any atom is -0.461 e. The van der Waals surface area contributed by atoms with Crippen molar-refractivity contribution in [3.05, 3.63) is 30.0 Å². The van der Waals surface area contributed by atoms with E-state index in [4.69, 9.17) is 4.74 Å². The fraction of sp³-hybridized carbons (Fsp3) is 0.500. The summed E-state index contributed by atoms with van der Waals surface area (Å²) in [5.41, 5.74) is 1.61. The third kappa shape index (κ3) is 4.25. The maximum atomic E-state index is 12.5. The summed E-state index contributed by atoms with van der Waals surface area (Å²) in [4.78, 5) is 30.2. The summed E-state index contributed by atoms with van der Waals surface area (Å²) in [7, 11) is 0. The van der Waals surface area contributed by atoms with Gasteiger partial charge in [-0.1, -0.05) is 25.1 Å². The lowest BCUT2D eigenvalue weighted by Gasteiger charge is -2.30. The molecule has 0 aliphatic carbocycles. The van der Waals surface area contributed by atoms with E-state index in [9.17, 15) is 9.59 Å². The van der Waals surface area contributed by atoms with Crippen molar-refractivity contribution in [3.63, 3.8) is 0 Å². The van der Waals surface area contributed by atoms with Gasteiger partial charge < -0.3 is 19.9 Å². The van der Waals surface area contributed by atoms with Crippen molar-refractivity contribution in [3.8, 4) is 0 Å². The van der Waals surface area contributed by atoms with Gasteiger partial charge in [0, 0.05) is 30.4 Å². The van der Waals surface area contributed by atoms with E-state index in [2.05, 4.69) is 22.1 Å². The number of benzene rings is 1. The largest absolute Gasteiger partial charge is 0.461 e. The Balaban J connectivity index is 1.71. The lowest BCUT2D eigenvalue weighted by atomic mass is 10.0. The van der Waals surface area contributed by atoms with E-state index in [0.29, 0.717) is 23.7 Å². The molecular weight excluding hydrogens is 330 g/mol. The van der Waals surface area contributed by atoms with Crippen LogP contribution < -0.4 is 5.32 Å². The summed E-state index contributed by atoms with van der Waals surface area (Å²) < 4.78 is 5.12. The maximum absolute atomic E-state index is 12.5. The number of esters is 1. The van der Waals surface area contributed by atoms with Crippen molar-refractivity contribution in [1.82, 2.24) is 9.88 Å². The number of anilines is 1. The summed E-state index contributed by atoms with van der Waals surface area (Å²) in [5.74, 6) is 0.151. The van der Waals surface area contributed by atoms with Crippen molar-refractivity contribution in [2.24, 2.45) is 5.92 Å². The first-order valence-corrected chi connectivity index (χ1v) is 9.38. The third-order valence-electron chi connectivity index (χ3n) is 4.85. The molecule has 1 aromatic heterocycles.